The van der Waals surface area contributed by atoms with Gasteiger partial charge in [-0.05, 0) is 6.42 Å². The van der Waals surface area contributed by atoms with Crippen molar-refractivity contribution in [3.63, 3.8) is 0 Å². The molecule has 0 aliphatic carbocycles. The molecule has 0 saturated carbocycles. The molecule has 84 valence electrons. The van der Waals surface area contributed by atoms with Crippen LogP contribution in [0.2, 0.25) is 0 Å². The van der Waals surface area contributed by atoms with Gasteiger partial charge in [-0.15, -0.1) is 0 Å². The van der Waals surface area contributed by atoms with E-state index in [-0.39, 0.29) is 12.1 Å². The number of aromatic nitrogens is 2. The van der Waals surface area contributed by atoms with Crippen LogP contribution in [0.15, 0.2) is 9.59 Å². The third kappa shape index (κ3) is 1.27. The normalized spacial score (nSPS) is 22.8. The fourth-order valence-electron chi connectivity index (χ4n) is 1.99. The molecule has 16 heavy (non-hydrogen) atoms. The van der Waals surface area contributed by atoms with Crippen molar-refractivity contribution in [1.82, 2.24) is 9.55 Å². The zero-order valence-corrected chi connectivity index (χ0v) is 8.11. The minimum absolute atomic E-state index is 0.135. The molecular formula is C9H8FN3O3. The Balaban J connectivity index is 2.80. The Morgan fingerprint density at radius 3 is 2.88 bits per heavy atom. The largest absolute Gasteiger partial charge is 0.396 e. The highest BCUT2D eigenvalue weighted by atomic mass is 19.1. The van der Waals surface area contributed by atoms with Gasteiger partial charge in [0, 0.05) is 5.92 Å². The molecule has 2 rings (SSSR count). The third-order valence-corrected chi connectivity index (χ3v) is 2.70. The maximum absolute atomic E-state index is 13.5. The van der Waals surface area contributed by atoms with Crippen molar-refractivity contribution < 1.29 is 9.50 Å². The smallest absolute Gasteiger partial charge is 0.329 e. The number of nitriles is 1. The number of fused-ring (bicyclic) bond motifs is 1. The van der Waals surface area contributed by atoms with Gasteiger partial charge in [0.05, 0.1) is 18.4 Å². The summed E-state index contributed by atoms with van der Waals surface area (Å²) in [5.41, 5.74) is -2.11. The summed E-state index contributed by atoms with van der Waals surface area (Å²) in [6.45, 7) is -0.405. The van der Waals surface area contributed by atoms with E-state index in [9.17, 15) is 14.0 Å². The molecule has 0 amide bonds. The zero-order valence-electron chi connectivity index (χ0n) is 8.11. The van der Waals surface area contributed by atoms with E-state index in [0.717, 1.165) is 4.57 Å². The monoisotopic (exact) mass is 225 g/mol. The minimum Gasteiger partial charge on any atom is -0.396 e. The first-order chi connectivity index (χ1) is 7.60. The molecule has 6 nitrogen and oxygen atoms in total. The molecule has 2 atom stereocenters. The summed E-state index contributed by atoms with van der Waals surface area (Å²) >= 11 is 0. The summed E-state index contributed by atoms with van der Waals surface area (Å²) in [6.07, 6.45) is 0.135. The second-order valence-corrected chi connectivity index (χ2v) is 3.59. The first-order valence-electron chi connectivity index (χ1n) is 4.64. The van der Waals surface area contributed by atoms with E-state index in [4.69, 9.17) is 10.4 Å². The van der Waals surface area contributed by atoms with Gasteiger partial charge in [0.1, 0.15) is 6.04 Å². The maximum atomic E-state index is 13.5. The number of hydrogen-bond donors (Lipinski definition) is 2. The standard InChI is InChI=1S/C9H8FN3O3/c10-6-7-4(3-14)1-5(2-11)13(7)9(16)12-8(6)15/h4-5,14H,1,3H2,(H,12,15,16). The van der Waals surface area contributed by atoms with Gasteiger partial charge in [0.2, 0.25) is 5.82 Å². The van der Waals surface area contributed by atoms with Gasteiger partial charge in [0.25, 0.3) is 5.56 Å². The molecule has 0 saturated heterocycles. The second kappa shape index (κ2) is 3.57. The fraction of sp³-hybridized carbons (Fsp3) is 0.444. The van der Waals surface area contributed by atoms with Crippen LogP contribution in [0.4, 0.5) is 4.39 Å². The number of rotatable bonds is 1. The lowest BCUT2D eigenvalue weighted by Gasteiger charge is -2.07. The third-order valence-electron chi connectivity index (χ3n) is 2.70. The lowest BCUT2D eigenvalue weighted by molar-refractivity contribution is 0.261. The van der Waals surface area contributed by atoms with Crippen LogP contribution < -0.4 is 11.2 Å². The molecule has 0 bridgehead atoms. The first-order valence-corrected chi connectivity index (χ1v) is 4.64. The number of hydrogen-bond acceptors (Lipinski definition) is 4. The number of nitrogens with zero attached hydrogens (tertiary/aromatic N) is 2. The van der Waals surface area contributed by atoms with Crippen molar-refractivity contribution in [2.24, 2.45) is 0 Å². The molecule has 0 aromatic carbocycles. The van der Waals surface area contributed by atoms with E-state index in [1.807, 2.05) is 6.07 Å². The predicted octanol–water partition coefficient (Wildman–Crippen LogP) is -0.780. The van der Waals surface area contributed by atoms with Crippen LogP contribution in [0.1, 0.15) is 24.1 Å². The maximum Gasteiger partial charge on any atom is 0.329 e. The molecule has 2 heterocycles. The van der Waals surface area contributed by atoms with Crippen molar-refractivity contribution in [1.29, 1.82) is 5.26 Å². The zero-order chi connectivity index (χ0) is 11.9. The Bertz CT molecular complexity index is 583. The number of halogens is 1. The van der Waals surface area contributed by atoms with Crippen LogP contribution in [0.5, 0.6) is 0 Å². The van der Waals surface area contributed by atoms with Gasteiger partial charge >= 0.3 is 5.69 Å². The van der Waals surface area contributed by atoms with E-state index >= 15 is 0 Å². The molecule has 1 aliphatic rings. The lowest BCUT2D eigenvalue weighted by atomic mass is 10.0. The van der Waals surface area contributed by atoms with Crippen LogP contribution in [0.25, 0.3) is 0 Å². The van der Waals surface area contributed by atoms with Gasteiger partial charge in [-0.3, -0.25) is 14.3 Å². The van der Waals surface area contributed by atoms with Gasteiger partial charge in [-0.1, -0.05) is 0 Å². The molecule has 0 spiro atoms. The van der Waals surface area contributed by atoms with E-state index in [1.165, 1.54) is 0 Å². The molecule has 0 radical (unpaired) electrons. The summed E-state index contributed by atoms with van der Waals surface area (Å²) < 4.78 is 14.4. The Labute approximate surface area is 88.6 Å². The minimum atomic E-state index is -1.12. The van der Waals surface area contributed by atoms with Crippen molar-refractivity contribution >= 4 is 0 Å². The highest BCUT2D eigenvalue weighted by Crippen LogP contribution is 2.33. The lowest BCUT2D eigenvalue weighted by Crippen LogP contribution is -2.34. The van der Waals surface area contributed by atoms with E-state index in [0.29, 0.717) is 0 Å². The SMILES string of the molecule is N#CC1CC(CO)c2c(F)c(=O)[nH]c(=O)n21. The van der Waals surface area contributed by atoms with Gasteiger partial charge < -0.3 is 5.11 Å². The quantitative estimate of drug-likeness (QED) is 0.654. The Morgan fingerprint density at radius 1 is 1.62 bits per heavy atom. The van der Waals surface area contributed by atoms with Gasteiger partial charge in [-0.25, -0.2) is 4.79 Å². The van der Waals surface area contributed by atoms with Crippen molar-refractivity contribution in [3.8, 4) is 6.07 Å². The molecule has 2 N–H and O–H groups in total. The summed E-state index contributed by atoms with van der Waals surface area (Å²) in [6, 6.07) is 0.993. The van der Waals surface area contributed by atoms with Crippen molar-refractivity contribution in [3.05, 3.63) is 32.3 Å². The molecular weight excluding hydrogens is 217 g/mol. The van der Waals surface area contributed by atoms with Crippen LogP contribution in [-0.2, 0) is 0 Å². The number of aliphatic hydroxyl groups is 1. The van der Waals surface area contributed by atoms with Crippen molar-refractivity contribution in [2.75, 3.05) is 6.61 Å². The average Bonchev–Trinajstić information content (AvgIpc) is 2.65. The van der Waals surface area contributed by atoms with E-state index < -0.39 is 35.6 Å². The summed E-state index contributed by atoms with van der Waals surface area (Å²) in [7, 11) is 0. The number of aliphatic hydroxyl groups excluding tert-OH is 1. The second-order valence-electron chi connectivity index (χ2n) is 3.59. The number of aromatic amines is 1. The van der Waals surface area contributed by atoms with Crippen LogP contribution >= 0.6 is 0 Å². The van der Waals surface area contributed by atoms with Crippen LogP contribution in [0, 0.1) is 17.1 Å². The Kier molecular flexibility index (Phi) is 2.36. The Hall–Kier alpha value is -1.94. The molecule has 2 unspecified atom stereocenters. The van der Waals surface area contributed by atoms with Gasteiger partial charge in [0.15, 0.2) is 0 Å². The average molecular weight is 225 g/mol. The molecule has 1 aliphatic heterocycles. The first kappa shape index (κ1) is 10.6. The van der Waals surface area contributed by atoms with Crippen molar-refractivity contribution in [2.45, 2.75) is 18.4 Å². The van der Waals surface area contributed by atoms with E-state index in [2.05, 4.69) is 0 Å². The highest BCUT2D eigenvalue weighted by molar-refractivity contribution is 5.20. The number of H-pyrrole nitrogens is 1. The topological polar surface area (TPSA) is 98.9 Å². The molecule has 1 aromatic heterocycles. The summed E-state index contributed by atoms with van der Waals surface area (Å²) in [4.78, 5) is 24.3. The van der Waals surface area contributed by atoms with E-state index in [1.54, 1.807) is 4.98 Å². The summed E-state index contributed by atoms with van der Waals surface area (Å²) in [5, 5.41) is 17.8. The highest BCUT2D eigenvalue weighted by Gasteiger charge is 2.35. The molecule has 7 heteroatoms. The number of nitrogens with one attached hydrogen (secondary N) is 1. The van der Waals surface area contributed by atoms with Crippen LogP contribution in [0.3, 0.4) is 0 Å². The van der Waals surface area contributed by atoms with Crippen LogP contribution in [-0.4, -0.2) is 21.3 Å². The molecule has 0 fully saturated rings. The molecule has 1 aromatic rings. The summed E-state index contributed by atoms with van der Waals surface area (Å²) in [5.74, 6) is -1.78. The fourth-order valence-corrected chi connectivity index (χ4v) is 1.99. The van der Waals surface area contributed by atoms with Gasteiger partial charge in [-0.2, -0.15) is 9.65 Å². The predicted molar refractivity (Wildman–Crippen MR) is 50.4 cm³/mol. The Morgan fingerprint density at radius 2 is 2.31 bits per heavy atom.